The van der Waals surface area contributed by atoms with E-state index < -0.39 is 11.9 Å². The van der Waals surface area contributed by atoms with Gasteiger partial charge >= 0.3 is 0 Å². The molecule has 0 rings (SSSR count). The molecule has 0 spiro atoms. The normalized spacial score (nSPS) is 14.8. The van der Waals surface area contributed by atoms with Crippen molar-refractivity contribution in [2.24, 2.45) is 17.6 Å². The molecule has 0 fully saturated rings. The van der Waals surface area contributed by atoms with Gasteiger partial charge < -0.3 is 11.1 Å². The topological polar surface area (TPSA) is 84.2 Å². The Morgan fingerprint density at radius 1 is 1.06 bits per heavy atom. The SMILES string of the molecule is CC(C)C(C)NC(=O)CNC(C(N)=O)C(C)C. The van der Waals surface area contributed by atoms with Crippen LogP contribution < -0.4 is 16.4 Å². The van der Waals surface area contributed by atoms with Gasteiger partial charge in [0.25, 0.3) is 0 Å². The summed E-state index contributed by atoms with van der Waals surface area (Å²) in [6.07, 6.45) is 0. The number of carbonyl (C=O) groups is 2. The summed E-state index contributed by atoms with van der Waals surface area (Å²) in [7, 11) is 0. The molecule has 5 heteroatoms. The number of hydrogen-bond acceptors (Lipinski definition) is 3. The monoisotopic (exact) mass is 243 g/mol. The lowest BCUT2D eigenvalue weighted by Gasteiger charge is -2.21. The summed E-state index contributed by atoms with van der Waals surface area (Å²) in [4.78, 5) is 22.7. The molecule has 100 valence electrons. The third kappa shape index (κ3) is 6.26. The first-order valence-electron chi connectivity index (χ1n) is 6.07. The van der Waals surface area contributed by atoms with Gasteiger partial charge in [0.2, 0.25) is 11.8 Å². The molecule has 5 nitrogen and oxygen atoms in total. The minimum absolute atomic E-state index is 0.0721. The van der Waals surface area contributed by atoms with Crippen LogP contribution in [0.15, 0.2) is 0 Å². The zero-order valence-corrected chi connectivity index (χ0v) is 11.4. The van der Waals surface area contributed by atoms with Crippen LogP contribution in [0.2, 0.25) is 0 Å². The minimum Gasteiger partial charge on any atom is -0.368 e. The Hall–Kier alpha value is -1.10. The number of amides is 2. The lowest BCUT2D eigenvalue weighted by Crippen LogP contribution is -2.50. The fourth-order valence-electron chi connectivity index (χ4n) is 1.34. The molecule has 0 aliphatic carbocycles. The van der Waals surface area contributed by atoms with Gasteiger partial charge in [-0.2, -0.15) is 0 Å². The standard InChI is InChI=1S/C12H25N3O2/c1-7(2)9(5)15-10(16)6-14-11(8(3)4)12(13)17/h7-9,11,14H,6H2,1-5H3,(H2,13,17)(H,15,16). The second kappa shape index (κ2) is 7.27. The molecule has 0 saturated heterocycles. The molecule has 0 bridgehead atoms. The van der Waals surface area contributed by atoms with Gasteiger partial charge in [0.15, 0.2) is 0 Å². The summed E-state index contributed by atoms with van der Waals surface area (Å²) in [5.41, 5.74) is 5.24. The van der Waals surface area contributed by atoms with E-state index in [-0.39, 0.29) is 24.4 Å². The van der Waals surface area contributed by atoms with Crippen LogP contribution in [0.4, 0.5) is 0 Å². The summed E-state index contributed by atoms with van der Waals surface area (Å²) in [6.45, 7) is 9.92. The zero-order chi connectivity index (χ0) is 13.6. The van der Waals surface area contributed by atoms with Crippen molar-refractivity contribution >= 4 is 11.8 Å². The number of nitrogens with one attached hydrogen (secondary N) is 2. The maximum atomic E-state index is 11.6. The van der Waals surface area contributed by atoms with Gasteiger partial charge in [-0.3, -0.25) is 14.9 Å². The Bertz CT molecular complexity index is 264. The average molecular weight is 243 g/mol. The van der Waals surface area contributed by atoms with Crippen LogP contribution in [0.25, 0.3) is 0 Å². The van der Waals surface area contributed by atoms with Gasteiger partial charge in [0.05, 0.1) is 12.6 Å². The highest BCUT2D eigenvalue weighted by Gasteiger charge is 2.20. The first kappa shape index (κ1) is 15.9. The zero-order valence-electron chi connectivity index (χ0n) is 11.4. The molecule has 17 heavy (non-hydrogen) atoms. The largest absolute Gasteiger partial charge is 0.368 e. The molecule has 4 N–H and O–H groups in total. The van der Waals surface area contributed by atoms with Crippen LogP contribution in [-0.2, 0) is 9.59 Å². The average Bonchev–Trinajstić information content (AvgIpc) is 2.16. The van der Waals surface area contributed by atoms with Crippen LogP contribution in [0.5, 0.6) is 0 Å². The van der Waals surface area contributed by atoms with E-state index in [1.807, 2.05) is 34.6 Å². The van der Waals surface area contributed by atoms with Gasteiger partial charge in [-0.1, -0.05) is 27.7 Å². The van der Waals surface area contributed by atoms with Crippen LogP contribution in [0.1, 0.15) is 34.6 Å². The quantitative estimate of drug-likeness (QED) is 0.599. The molecule has 0 radical (unpaired) electrons. The Labute approximate surface area is 104 Å². The first-order valence-corrected chi connectivity index (χ1v) is 6.07. The van der Waals surface area contributed by atoms with Crippen LogP contribution in [0.3, 0.4) is 0 Å². The van der Waals surface area contributed by atoms with Crippen molar-refractivity contribution in [1.29, 1.82) is 0 Å². The highest BCUT2D eigenvalue weighted by Crippen LogP contribution is 2.01. The Morgan fingerprint density at radius 3 is 1.94 bits per heavy atom. The van der Waals surface area contributed by atoms with Crippen molar-refractivity contribution in [2.45, 2.75) is 46.7 Å². The second-order valence-corrected chi connectivity index (χ2v) is 5.11. The molecular formula is C12H25N3O2. The van der Waals surface area contributed by atoms with Gasteiger partial charge in [0, 0.05) is 6.04 Å². The second-order valence-electron chi connectivity index (χ2n) is 5.11. The van der Waals surface area contributed by atoms with Crippen LogP contribution >= 0.6 is 0 Å². The number of hydrogen-bond donors (Lipinski definition) is 3. The molecule has 0 aromatic heterocycles. The van der Waals surface area contributed by atoms with Gasteiger partial charge in [-0.15, -0.1) is 0 Å². The van der Waals surface area contributed by atoms with E-state index in [9.17, 15) is 9.59 Å². The number of carbonyl (C=O) groups excluding carboxylic acids is 2. The molecular weight excluding hydrogens is 218 g/mol. The molecule has 0 aromatic carbocycles. The maximum Gasteiger partial charge on any atom is 0.234 e. The molecule has 2 amide bonds. The highest BCUT2D eigenvalue weighted by atomic mass is 16.2. The lowest BCUT2D eigenvalue weighted by atomic mass is 10.0. The number of primary amides is 1. The van der Waals surface area contributed by atoms with Crippen molar-refractivity contribution in [1.82, 2.24) is 10.6 Å². The predicted octanol–water partition coefficient (Wildman–Crippen LogP) is 0.247. The molecule has 0 saturated carbocycles. The van der Waals surface area contributed by atoms with Gasteiger partial charge in [-0.05, 0) is 18.8 Å². The fraction of sp³-hybridized carbons (Fsp3) is 0.833. The van der Waals surface area contributed by atoms with Gasteiger partial charge in [0.1, 0.15) is 0 Å². The summed E-state index contributed by atoms with van der Waals surface area (Å²) >= 11 is 0. The van der Waals surface area contributed by atoms with Crippen molar-refractivity contribution in [3.8, 4) is 0 Å². The molecule has 0 aromatic rings. The van der Waals surface area contributed by atoms with Gasteiger partial charge in [-0.25, -0.2) is 0 Å². The maximum absolute atomic E-state index is 11.6. The summed E-state index contributed by atoms with van der Waals surface area (Å²) in [6, 6.07) is -0.342. The van der Waals surface area contributed by atoms with E-state index >= 15 is 0 Å². The highest BCUT2D eigenvalue weighted by molar-refractivity contribution is 5.82. The Kier molecular flexibility index (Phi) is 6.80. The summed E-state index contributed by atoms with van der Waals surface area (Å²) in [5, 5.41) is 5.74. The third-order valence-electron chi connectivity index (χ3n) is 2.84. The van der Waals surface area contributed by atoms with E-state index in [4.69, 9.17) is 5.73 Å². The van der Waals surface area contributed by atoms with Crippen LogP contribution in [0, 0.1) is 11.8 Å². The Morgan fingerprint density at radius 2 is 1.59 bits per heavy atom. The molecule has 0 aliphatic heterocycles. The van der Waals surface area contributed by atoms with Crippen molar-refractivity contribution in [3.63, 3.8) is 0 Å². The van der Waals surface area contributed by atoms with E-state index in [2.05, 4.69) is 10.6 Å². The van der Waals surface area contributed by atoms with Crippen molar-refractivity contribution in [2.75, 3.05) is 6.54 Å². The van der Waals surface area contributed by atoms with Crippen molar-refractivity contribution in [3.05, 3.63) is 0 Å². The van der Waals surface area contributed by atoms with Crippen molar-refractivity contribution < 1.29 is 9.59 Å². The number of rotatable bonds is 7. The molecule has 2 atom stereocenters. The minimum atomic E-state index is -0.463. The van der Waals surface area contributed by atoms with E-state index in [1.54, 1.807) is 0 Å². The van der Waals surface area contributed by atoms with E-state index in [0.717, 1.165) is 0 Å². The summed E-state index contributed by atoms with van der Waals surface area (Å²) < 4.78 is 0. The molecule has 2 unspecified atom stereocenters. The van der Waals surface area contributed by atoms with Crippen LogP contribution in [-0.4, -0.2) is 30.4 Å². The van der Waals surface area contributed by atoms with E-state index in [0.29, 0.717) is 5.92 Å². The first-order chi connectivity index (χ1) is 7.75. The number of nitrogens with two attached hydrogens (primary N) is 1. The predicted molar refractivity (Wildman–Crippen MR) is 68.3 cm³/mol. The third-order valence-corrected chi connectivity index (χ3v) is 2.84. The lowest BCUT2D eigenvalue weighted by molar-refractivity contribution is -0.122. The molecule has 0 aliphatic rings. The van der Waals surface area contributed by atoms with E-state index in [1.165, 1.54) is 0 Å². The Balaban J connectivity index is 4.10. The smallest absolute Gasteiger partial charge is 0.234 e. The fourth-order valence-corrected chi connectivity index (χ4v) is 1.34. The molecule has 0 heterocycles. The summed E-state index contributed by atoms with van der Waals surface area (Å²) in [5.74, 6) is -0.0818.